The molecule has 0 aliphatic carbocycles. The summed E-state index contributed by atoms with van der Waals surface area (Å²) in [6.45, 7) is 6.21. The van der Waals surface area contributed by atoms with Crippen molar-refractivity contribution in [1.29, 1.82) is 0 Å². The number of likely N-dealkylation sites (N-methyl/N-ethyl adjacent to an activating group) is 1. The molecule has 0 spiro atoms. The van der Waals surface area contributed by atoms with Crippen LogP contribution in [0, 0.1) is 5.92 Å². The minimum atomic E-state index is -3.81. The van der Waals surface area contributed by atoms with Crippen molar-refractivity contribution in [2.45, 2.75) is 37.4 Å². The van der Waals surface area contributed by atoms with Gasteiger partial charge in [-0.3, -0.25) is 19.4 Å². The van der Waals surface area contributed by atoms with Gasteiger partial charge in [0, 0.05) is 52.1 Å². The van der Waals surface area contributed by atoms with Crippen LogP contribution < -0.4 is 9.46 Å². The lowest BCUT2D eigenvalue weighted by Gasteiger charge is -2.35. The number of rotatable bonds is 6. The monoisotopic (exact) mass is 552 g/mol. The number of nitrogens with zero attached hydrogens (tertiary/aromatic N) is 3. The zero-order valence-corrected chi connectivity index (χ0v) is 23.6. The zero-order chi connectivity index (χ0) is 28.0. The molecule has 2 heterocycles. The zero-order valence-electron chi connectivity index (χ0n) is 22.8. The van der Waals surface area contributed by atoms with E-state index in [2.05, 4.69) is 28.5 Å². The first-order valence-corrected chi connectivity index (χ1v) is 14.4. The van der Waals surface area contributed by atoms with Crippen LogP contribution in [0.4, 0.5) is 5.69 Å². The molecular weight excluding hydrogens is 516 g/mol. The average Bonchev–Trinajstić information content (AvgIpc) is 2.94. The normalized spacial score (nSPS) is 21.3. The first kappa shape index (κ1) is 28.5. The number of carbonyl (C=O) groups excluding carboxylic acids is 1. The maximum atomic E-state index is 13.5. The maximum absolute atomic E-state index is 13.5. The summed E-state index contributed by atoms with van der Waals surface area (Å²) in [5.41, 5.74) is 1.61. The molecule has 1 aliphatic rings. The van der Waals surface area contributed by atoms with E-state index in [9.17, 15) is 13.2 Å². The molecule has 0 saturated heterocycles. The van der Waals surface area contributed by atoms with Crippen molar-refractivity contribution in [2.75, 3.05) is 38.6 Å². The Hall–Kier alpha value is -3.47. The lowest BCUT2D eigenvalue weighted by Crippen LogP contribution is -2.46. The molecule has 39 heavy (non-hydrogen) atoms. The van der Waals surface area contributed by atoms with Crippen molar-refractivity contribution in [3.63, 3.8) is 0 Å². The van der Waals surface area contributed by atoms with Crippen LogP contribution in [0.15, 0.2) is 77.8 Å². The van der Waals surface area contributed by atoms with Crippen LogP contribution in [0.2, 0.25) is 0 Å². The molecular formula is C29H36N4O5S. The Morgan fingerprint density at radius 1 is 1.05 bits per heavy atom. The number of carbonyl (C=O) groups is 1. The molecule has 10 heteroatoms. The van der Waals surface area contributed by atoms with Crippen LogP contribution >= 0.6 is 0 Å². The van der Waals surface area contributed by atoms with Gasteiger partial charge in [0.05, 0.1) is 27.9 Å². The Kier molecular flexibility index (Phi) is 9.21. The Bertz CT molecular complexity index is 1350. The van der Waals surface area contributed by atoms with E-state index in [0.29, 0.717) is 36.6 Å². The molecule has 0 unspecified atom stereocenters. The van der Waals surface area contributed by atoms with Crippen molar-refractivity contribution >= 4 is 21.6 Å². The number of ether oxygens (including phenoxy) is 2. The van der Waals surface area contributed by atoms with Crippen molar-refractivity contribution in [1.82, 2.24) is 14.8 Å². The molecule has 1 aliphatic heterocycles. The van der Waals surface area contributed by atoms with Gasteiger partial charge in [-0.05, 0) is 49.2 Å². The van der Waals surface area contributed by atoms with Crippen molar-refractivity contribution in [3.8, 4) is 5.75 Å². The van der Waals surface area contributed by atoms with Gasteiger partial charge in [-0.2, -0.15) is 0 Å². The van der Waals surface area contributed by atoms with Gasteiger partial charge in [-0.25, -0.2) is 8.42 Å². The van der Waals surface area contributed by atoms with Crippen molar-refractivity contribution < 1.29 is 22.7 Å². The highest BCUT2D eigenvalue weighted by molar-refractivity contribution is 7.92. The summed E-state index contributed by atoms with van der Waals surface area (Å²) in [5, 5.41) is 0. The van der Waals surface area contributed by atoms with Gasteiger partial charge < -0.3 is 14.4 Å². The molecule has 2 aromatic carbocycles. The topological polar surface area (TPSA) is 101 Å². The van der Waals surface area contributed by atoms with Gasteiger partial charge in [-0.1, -0.05) is 31.2 Å². The number of anilines is 1. The molecule has 1 aromatic heterocycles. The second-order valence-corrected chi connectivity index (χ2v) is 11.7. The highest BCUT2D eigenvalue weighted by atomic mass is 32.2. The summed E-state index contributed by atoms with van der Waals surface area (Å²) in [5.74, 6) is 0.215. The molecule has 4 rings (SSSR count). The summed E-state index contributed by atoms with van der Waals surface area (Å²) in [6.07, 6.45) is 1.60. The second kappa shape index (κ2) is 12.6. The number of benzene rings is 2. The third-order valence-electron chi connectivity index (χ3n) is 6.97. The standard InChI is InChI=1S/C29H36N4O5S/c1-21-17-33(18-24-10-8-9-15-30-24)22(2)20-38-27-16-23(31-39(35,36)25-11-6-5-7-12-25)13-14-26(27)29(34)32(3)19-28(21)37-4/h5-16,21-22,28,31H,17-20H2,1-4H3/t21-,22-,28+/m0/s1. The summed E-state index contributed by atoms with van der Waals surface area (Å²) >= 11 is 0. The van der Waals surface area contributed by atoms with E-state index in [1.807, 2.05) is 18.2 Å². The fourth-order valence-electron chi connectivity index (χ4n) is 4.64. The smallest absolute Gasteiger partial charge is 0.261 e. The van der Waals surface area contributed by atoms with E-state index < -0.39 is 10.0 Å². The molecule has 0 radical (unpaired) electrons. The van der Waals surface area contributed by atoms with Crippen LogP contribution in [-0.2, 0) is 21.3 Å². The third kappa shape index (κ3) is 7.14. The molecule has 0 fully saturated rings. The Morgan fingerprint density at radius 3 is 2.49 bits per heavy atom. The number of sulfonamides is 1. The number of aromatic nitrogens is 1. The number of fused-ring (bicyclic) bond motifs is 1. The number of hydrogen-bond donors (Lipinski definition) is 1. The quantitative estimate of drug-likeness (QED) is 0.495. The molecule has 3 aromatic rings. The molecule has 9 nitrogen and oxygen atoms in total. The van der Waals surface area contributed by atoms with Crippen molar-refractivity contribution in [3.05, 3.63) is 84.2 Å². The van der Waals surface area contributed by atoms with Gasteiger partial charge in [0.2, 0.25) is 0 Å². The summed E-state index contributed by atoms with van der Waals surface area (Å²) in [4.78, 5) is 22.0. The number of pyridine rings is 1. The van der Waals surface area contributed by atoms with Crippen LogP contribution in [0.3, 0.4) is 0 Å². The van der Waals surface area contributed by atoms with Gasteiger partial charge in [0.15, 0.2) is 0 Å². The average molecular weight is 553 g/mol. The second-order valence-electron chi connectivity index (χ2n) is 9.98. The van der Waals surface area contributed by atoms with Gasteiger partial charge in [0.25, 0.3) is 15.9 Å². The number of methoxy groups -OCH3 is 1. The number of hydrogen-bond acceptors (Lipinski definition) is 7. The lowest BCUT2D eigenvalue weighted by molar-refractivity contribution is 0.00901. The molecule has 1 N–H and O–H groups in total. The predicted molar refractivity (Wildman–Crippen MR) is 150 cm³/mol. The summed E-state index contributed by atoms with van der Waals surface area (Å²) in [6, 6.07) is 18.7. The highest BCUT2D eigenvalue weighted by Gasteiger charge is 2.29. The van der Waals surface area contributed by atoms with Crippen LogP contribution in [0.5, 0.6) is 5.75 Å². The molecule has 208 valence electrons. The van der Waals surface area contributed by atoms with Gasteiger partial charge in [0.1, 0.15) is 12.4 Å². The van der Waals surface area contributed by atoms with Crippen LogP contribution in [0.1, 0.15) is 29.9 Å². The Balaban J connectivity index is 1.66. The number of nitrogens with one attached hydrogen (secondary N) is 1. The summed E-state index contributed by atoms with van der Waals surface area (Å²) in [7, 11) is -0.408. The predicted octanol–water partition coefficient (Wildman–Crippen LogP) is 3.89. The van der Waals surface area contributed by atoms with E-state index in [1.54, 1.807) is 61.7 Å². The maximum Gasteiger partial charge on any atom is 0.261 e. The molecule has 3 atom stereocenters. The SMILES string of the molecule is CO[C@@H]1CN(C)C(=O)c2ccc(NS(=O)(=O)c3ccccc3)cc2OC[C@H](C)N(Cc2ccccn2)C[C@@H]1C. The van der Waals surface area contributed by atoms with E-state index in [4.69, 9.17) is 9.47 Å². The van der Waals surface area contributed by atoms with E-state index in [-0.39, 0.29) is 35.5 Å². The van der Waals surface area contributed by atoms with Crippen LogP contribution in [0.25, 0.3) is 0 Å². The molecule has 1 amide bonds. The molecule has 0 bridgehead atoms. The fourth-order valence-corrected chi connectivity index (χ4v) is 5.71. The van der Waals surface area contributed by atoms with Gasteiger partial charge in [-0.15, -0.1) is 0 Å². The fraction of sp³-hybridized carbons (Fsp3) is 0.379. The largest absolute Gasteiger partial charge is 0.491 e. The first-order valence-electron chi connectivity index (χ1n) is 12.9. The van der Waals surface area contributed by atoms with E-state index >= 15 is 0 Å². The lowest BCUT2D eigenvalue weighted by atomic mass is 10.0. The van der Waals surface area contributed by atoms with E-state index in [0.717, 1.165) is 5.69 Å². The highest BCUT2D eigenvalue weighted by Crippen LogP contribution is 2.28. The van der Waals surface area contributed by atoms with Crippen molar-refractivity contribution in [2.24, 2.45) is 5.92 Å². The Morgan fingerprint density at radius 2 is 1.79 bits per heavy atom. The third-order valence-corrected chi connectivity index (χ3v) is 8.37. The Labute approximate surface area is 230 Å². The summed E-state index contributed by atoms with van der Waals surface area (Å²) < 4.78 is 40.5. The first-order chi connectivity index (χ1) is 18.7. The number of amides is 1. The van der Waals surface area contributed by atoms with Crippen LogP contribution in [-0.4, -0.2) is 75.1 Å². The molecule has 0 saturated carbocycles. The van der Waals surface area contributed by atoms with Gasteiger partial charge >= 0.3 is 0 Å². The van der Waals surface area contributed by atoms with E-state index in [1.165, 1.54) is 12.1 Å². The minimum Gasteiger partial charge on any atom is -0.491 e. The minimum absolute atomic E-state index is 0.0308.